The van der Waals surface area contributed by atoms with Crippen molar-refractivity contribution in [2.24, 2.45) is 11.7 Å². The Kier molecular flexibility index (Phi) is 3.91. The van der Waals surface area contributed by atoms with E-state index in [9.17, 15) is 0 Å². The molecule has 2 aliphatic rings. The molecule has 2 aliphatic carbocycles. The van der Waals surface area contributed by atoms with Gasteiger partial charge in [0.25, 0.3) is 0 Å². The van der Waals surface area contributed by atoms with E-state index in [1.165, 1.54) is 51.5 Å². The van der Waals surface area contributed by atoms with E-state index < -0.39 is 0 Å². The Morgan fingerprint density at radius 1 is 1.12 bits per heavy atom. The number of nitrogens with two attached hydrogens (primary N) is 1. The van der Waals surface area contributed by atoms with Crippen LogP contribution in [0.4, 0.5) is 0 Å². The normalized spacial score (nSPS) is 27.0. The molecule has 1 atom stereocenters. The van der Waals surface area contributed by atoms with Gasteiger partial charge in [-0.15, -0.1) is 0 Å². The van der Waals surface area contributed by atoms with Gasteiger partial charge in [0.05, 0.1) is 0 Å². The predicted octanol–water partition coefficient (Wildman–Crippen LogP) is 2.77. The zero-order chi connectivity index (χ0) is 11.6. The fourth-order valence-electron chi connectivity index (χ4n) is 3.25. The summed E-state index contributed by atoms with van der Waals surface area (Å²) < 4.78 is 0. The molecule has 16 heavy (non-hydrogen) atoms. The topological polar surface area (TPSA) is 29.3 Å². The molecule has 2 rings (SSSR count). The highest BCUT2D eigenvalue weighted by molar-refractivity contribution is 4.98. The van der Waals surface area contributed by atoms with Gasteiger partial charge in [-0.3, -0.25) is 4.90 Å². The Morgan fingerprint density at radius 2 is 1.75 bits per heavy atom. The van der Waals surface area contributed by atoms with Crippen LogP contribution in [0.5, 0.6) is 0 Å². The Labute approximate surface area is 101 Å². The van der Waals surface area contributed by atoms with Crippen LogP contribution in [0.2, 0.25) is 0 Å². The predicted molar refractivity (Wildman–Crippen MR) is 69.4 cm³/mol. The molecular formula is C14H28N2. The molecule has 0 heterocycles. The van der Waals surface area contributed by atoms with E-state index in [1.807, 2.05) is 0 Å². The van der Waals surface area contributed by atoms with E-state index in [2.05, 4.69) is 18.7 Å². The number of likely N-dealkylation sites (N-methyl/N-ethyl adjacent to an activating group) is 1. The molecule has 0 aromatic heterocycles. The Morgan fingerprint density at radius 3 is 2.25 bits per heavy atom. The second kappa shape index (κ2) is 5.05. The molecule has 2 N–H and O–H groups in total. The van der Waals surface area contributed by atoms with Gasteiger partial charge < -0.3 is 5.73 Å². The average Bonchev–Trinajstić information content (AvgIpc) is 3.11. The third-order valence-electron chi connectivity index (χ3n) is 4.55. The second-order valence-electron chi connectivity index (χ2n) is 6.14. The first-order chi connectivity index (χ1) is 7.63. The number of rotatable bonds is 5. The number of nitrogens with zero attached hydrogens (tertiary/aromatic N) is 1. The zero-order valence-corrected chi connectivity index (χ0v) is 11.0. The molecule has 0 amide bonds. The molecule has 0 bridgehead atoms. The Hall–Kier alpha value is -0.0800. The lowest BCUT2D eigenvalue weighted by Crippen LogP contribution is -2.52. The standard InChI is InChI=1S/C14H28N2/c1-3-16(13-7-5-4-6-8-13)11-14(2,15)12-9-10-12/h12-13H,3-11,15H2,1-2H3. The van der Waals surface area contributed by atoms with E-state index in [0.29, 0.717) is 0 Å². The van der Waals surface area contributed by atoms with Gasteiger partial charge in [-0.05, 0) is 45.1 Å². The smallest absolute Gasteiger partial charge is 0.0283 e. The maximum Gasteiger partial charge on any atom is 0.0283 e. The van der Waals surface area contributed by atoms with Crippen molar-refractivity contribution in [3.05, 3.63) is 0 Å². The van der Waals surface area contributed by atoms with Crippen molar-refractivity contribution in [3.8, 4) is 0 Å². The molecule has 0 spiro atoms. The summed E-state index contributed by atoms with van der Waals surface area (Å²) in [5.41, 5.74) is 6.53. The van der Waals surface area contributed by atoms with Crippen molar-refractivity contribution in [2.45, 2.75) is 70.4 Å². The summed E-state index contributed by atoms with van der Waals surface area (Å²) in [6.07, 6.45) is 9.79. The van der Waals surface area contributed by atoms with Crippen molar-refractivity contribution in [3.63, 3.8) is 0 Å². The van der Waals surface area contributed by atoms with E-state index in [4.69, 9.17) is 5.73 Å². The molecule has 0 saturated heterocycles. The van der Waals surface area contributed by atoms with Crippen molar-refractivity contribution in [1.82, 2.24) is 4.90 Å². The summed E-state index contributed by atoms with van der Waals surface area (Å²) in [5, 5.41) is 0. The number of hydrogen-bond donors (Lipinski definition) is 1. The molecule has 2 fully saturated rings. The first-order valence-corrected chi connectivity index (χ1v) is 7.16. The Bertz CT molecular complexity index is 215. The van der Waals surface area contributed by atoms with Crippen LogP contribution in [0.3, 0.4) is 0 Å². The van der Waals surface area contributed by atoms with Crippen LogP contribution in [0.25, 0.3) is 0 Å². The molecule has 2 heteroatoms. The summed E-state index contributed by atoms with van der Waals surface area (Å²) in [6, 6.07) is 0.820. The van der Waals surface area contributed by atoms with Crippen LogP contribution >= 0.6 is 0 Å². The maximum atomic E-state index is 6.46. The van der Waals surface area contributed by atoms with Gasteiger partial charge in [-0.25, -0.2) is 0 Å². The molecular weight excluding hydrogens is 196 g/mol. The van der Waals surface area contributed by atoms with Crippen LogP contribution in [0.15, 0.2) is 0 Å². The quantitative estimate of drug-likeness (QED) is 0.778. The van der Waals surface area contributed by atoms with Gasteiger partial charge >= 0.3 is 0 Å². The molecule has 94 valence electrons. The van der Waals surface area contributed by atoms with E-state index >= 15 is 0 Å². The van der Waals surface area contributed by atoms with Gasteiger partial charge in [0.15, 0.2) is 0 Å². The first kappa shape index (κ1) is 12.4. The van der Waals surface area contributed by atoms with Gasteiger partial charge in [-0.2, -0.15) is 0 Å². The third-order valence-corrected chi connectivity index (χ3v) is 4.55. The largest absolute Gasteiger partial charge is 0.324 e. The summed E-state index contributed by atoms with van der Waals surface area (Å²) in [5.74, 6) is 0.796. The van der Waals surface area contributed by atoms with Gasteiger partial charge in [0.1, 0.15) is 0 Å². The second-order valence-corrected chi connectivity index (χ2v) is 6.14. The molecule has 2 nitrogen and oxygen atoms in total. The SMILES string of the molecule is CCN(CC(C)(N)C1CC1)C1CCCCC1. The molecule has 2 saturated carbocycles. The third kappa shape index (κ3) is 2.98. The summed E-state index contributed by atoms with van der Waals surface area (Å²) in [6.45, 7) is 6.83. The highest BCUT2D eigenvalue weighted by Gasteiger charge is 2.40. The van der Waals surface area contributed by atoms with Crippen LogP contribution in [0.1, 0.15) is 58.8 Å². The van der Waals surface area contributed by atoms with E-state index in [-0.39, 0.29) is 5.54 Å². The summed E-state index contributed by atoms with van der Waals surface area (Å²) >= 11 is 0. The van der Waals surface area contributed by atoms with Gasteiger partial charge in [0.2, 0.25) is 0 Å². The van der Waals surface area contributed by atoms with Crippen LogP contribution in [-0.4, -0.2) is 29.6 Å². The molecule has 0 aromatic carbocycles. The van der Waals surface area contributed by atoms with Crippen molar-refractivity contribution < 1.29 is 0 Å². The first-order valence-electron chi connectivity index (χ1n) is 7.16. The van der Waals surface area contributed by atoms with Crippen molar-refractivity contribution in [1.29, 1.82) is 0 Å². The fraction of sp³-hybridized carbons (Fsp3) is 1.00. The molecule has 0 aromatic rings. The minimum Gasteiger partial charge on any atom is -0.324 e. The van der Waals surface area contributed by atoms with E-state index in [0.717, 1.165) is 18.5 Å². The summed E-state index contributed by atoms with van der Waals surface area (Å²) in [4.78, 5) is 2.65. The fourth-order valence-corrected chi connectivity index (χ4v) is 3.25. The van der Waals surface area contributed by atoms with Crippen molar-refractivity contribution >= 4 is 0 Å². The van der Waals surface area contributed by atoms with Crippen LogP contribution in [-0.2, 0) is 0 Å². The van der Waals surface area contributed by atoms with Crippen molar-refractivity contribution in [2.75, 3.05) is 13.1 Å². The lowest BCUT2D eigenvalue weighted by molar-refractivity contribution is 0.126. The minimum atomic E-state index is 0.0630. The molecule has 0 radical (unpaired) electrons. The lowest BCUT2D eigenvalue weighted by Gasteiger charge is -2.39. The highest BCUT2D eigenvalue weighted by Crippen LogP contribution is 2.39. The van der Waals surface area contributed by atoms with Crippen LogP contribution < -0.4 is 5.73 Å². The molecule has 0 aliphatic heterocycles. The summed E-state index contributed by atoms with van der Waals surface area (Å²) in [7, 11) is 0. The average molecular weight is 224 g/mol. The minimum absolute atomic E-state index is 0.0630. The molecule has 1 unspecified atom stereocenters. The number of hydrogen-bond acceptors (Lipinski definition) is 2. The highest BCUT2D eigenvalue weighted by atomic mass is 15.2. The van der Waals surface area contributed by atoms with Crippen LogP contribution in [0, 0.1) is 5.92 Å². The zero-order valence-electron chi connectivity index (χ0n) is 11.0. The lowest BCUT2D eigenvalue weighted by atomic mass is 9.91. The van der Waals surface area contributed by atoms with E-state index in [1.54, 1.807) is 0 Å². The van der Waals surface area contributed by atoms with Gasteiger partial charge in [0, 0.05) is 18.1 Å². The van der Waals surface area contributed by atoms with Gasteiger partial charge in [-0.1, -0.05) is 26.2 Å². The Balaban J connectivity index is 1.88. The monoisotopic (exact) mass is 224 g/mol. The maximum absolute atomic E-state index is 6.46.